The van der Waals surface area contributed by atoms with E-state index in [0.29, 0.717) is 5.95 Å². The van der Waals surface area contributed by atoms with Crippen molar-refractivity contribution in [2.75, 3.05) is 5.73 Å². The third-order valence-electron chi connectivity index (χ3n) is 1.58. The molecule has 0 aromatic carbocycles. The van der Waals surface area contributed by atoms with Gasteiger partial charge in [-0.05, 0) is 18.6 Å². The lowest BCUT2D eigenvalue weighted by molar-refractivity contribution is 1.12. The molecule has 2 heterocycles. The van der Waals surface area contributed by atoms with Gasteiger partial charge < -0.3 is 5.73 Å². The molecule has 0 radical (unpaired) electrons. The van der Waals surface area contributed by atoms with Crippen LogP contribution in [0.15, 0.2) is 18.3 Å². The zero-order valence-electron chi connectivity index (χ0n) is 6.15. The summed E-state index contributed by atoms with van der Waals surface area (Å²) >= 11 is 0. The first-order valence-corrected chi connectivity index (χ1v) is 3.34. The highest BCUT2D eigenvalue weighted by Crippen LogP contribution is 2.06. The van der Waals surface area contributed by atoms with E-state index >= 15 is 0 Å². The van der Waals surface area contributed by atoms with Crippen LogP contribution in [0, 0.1) is 6.92 Å². The van der Waals surface area contributed by atoms with Gasteiger partial charge in [-0.25, -0.2) is 0 Å². The first-order valence-electron chi connectivity index (χ1n) is 3.34. The molecule has 0 amide bonds. The van der Waals surface area contributed by atoms with Gasteiger partial charge in [-0.3, -0.25) is 4.40 Å². The molecule has 0 bridgehead atoms. The molecule has 2 rings (SSSR count). The van der Waals surface area contributed by atoms with Crippen LogP contribution in [0.25, 0.3) is 5.65 Å². The quantitative estimate of drug-likeness (QED) is 0.595. The van der Waals surface area contributed by atoms with Gasteiger partial charge in [-0.2, -0.15) is 0 Å². The molecule has 4 heteroatoms. The normalized spacial score (nSPS) is 10.6. The summed E-state index contributed by atoms with van der Waals surface area (Å²) in [6.45, 7) is 2.00. The Bertz CT molecular complexity index is 390. The van der Waals surface area contributed by atoms with E-state index in [1.807, 2.05) is 25.3 Å². The topological polar surface area (TPSA) is 56.2 Å². The predicted octanol–water partition coefficient (Wildman–Crippen LogP) is 0.620. The molecular weight excluding hydrogens is 140 g/mol. The number of nitrogens with zero attached hydrogens (tertiary/aromatic N) is 3. The summed E-state index contributed by atoms with van der Waals surface area (Å²) in [6.07, 6.45) is 1.91. The van der Waals surface area contributed by atoms with Crippen molar-refractivity contribution in [3.8, 4) is 0 Å². The number of nitrogen functional groups attached to an aromatic ring is 1. The zero-order chi connectivity index (χ0) is 7.84. The average Bonchev–Trinajstić information content (AvgIpc) is 2.33. The Hall–Kier alpha value is -1.58. The van der Waals surface area contributed by atoms with E-state index in [1.54, 1.807) is 4.40 Å². The molecule has 56 valence electrons. The molecule has 0 fully saturated rings. The van der Waals surface area contributed by atoms with Gasteiger partial charge in [0.1, 0.15) is 0 Å². The van der Waals surface area contributed by atoms with Crippen LogP contribution in [0.5, 0.6) is 0 Å². The lowest BCUT2D eigenvalue weighted by Gasteiger charge is -1.94. The van der Waals surface area contributed by atoms with E-state index in [9.17, 15) is 0 Å². The number of hydrogen-bond donors (Lipinski definition) is 1. The van der Waals surface area contributed by atoms with Gasteiger partial charge in [-0.1, -0.05) is 6.07 Å². The molecule has 0 unspecified atom stereocenters. The van der Waals surface area contributed by atoms with Crippen LogP contribution in [0.2, 0.25) is 0 Å². The smallest absolute Gasteiger partial charge is 0.226 e. The lowest BCUT2D eigenvalue weighted by Crippen LogP contribution is -1.93. The molecule has 0 saturated heterocycles. The molecule has 0 aliphatic heterocycles. The first kappa shape index (κ1) is 6.15. The number of anilines is 1. The predicted molar refractivity (Wildman–Crippen MR) is 42.1 cm³/mol. The maximum atomic E-state index is 5.53. The van der Waals surface area contributed by atoms with Crippen molar-refractivity contribution in [3.63, 3.8) is 0 Å². The molecule has 0 atom stereocenters. The van der Waals surface area contributed by atoms with Gasteiger partial charge in [0, 0.05) is 6.20 Å². The third-order valence-corrected chi connectivity index (χ3v) is 1.58. The molecule has 0 aliphatic rings. The molecule has 11 heavy (non-hydrogen) atoms. The van der Waals surface area contributed by atoms with Gasteiger partial charge in [-0.15, -0.1) is 10.2 Å². The Labute approximate surface area is 63.7 Å². The molecule has 2 aromatic rings. The maximum absolute atomic E-state index is 5.53. The van der Waals surface area contributed by atoms with Gasteiger partial charge in [0.25, 0.3) is 0 Å². The Kier molecular flexibility index (Phi) is 1.09. The Morgan fingerprint density at radius 2 is 2.18 bits per heavy atom. The highest BCUT2D eigenvalue weighted by atomic mass is 15.3. The van der Waals surface area contributed by atoms with E-state index in [1.165, 1.54) is 0 Å². The second-order valence-corrected chi connectivity index (χ2v) is 2.49. The van der Waals surface area contributed by atoms with Crippen molar-refractivity contribution in [3.05, 3.63) is 23.9 Å². The Morgan fingerprint density at radius 3 is 3.00 bits per heavy atom. The van der Waals surface area contributed by atoms with Crippen LogP contribution in [0.1, 0.15) is 5.56 Å². The number of aromatic nitrogens is 3. The van der Waals surface area contributed by atoms with Crippen LogP contribution in [0.3, 0.4) is 0 Å². The summed E-state index contributed by atoms with van der Waals surface area (Å²) in [4.78, 5) is 0. The standard InChI is InChI=1S/C7H8N4/c1-5-2-3-6-9-10-7(8)11(6)4-5/h2-4H,1H3,(H2,8,10). The minimum absolute atomic E-state index is 0.434. The molecular formula is C7H8N4. The van der Waals surface area contributed by atoms with Gasteiger partial charge in [0.05, 0.1) is 0 Å². The average molecular weight is 148 g/mol. The Balaban J connectivity index is 2.87. The fourth-order valence-corrected chi connectivity index (χ4v) is 1.01. The summed E-state index contributed by atoms with van der Waals surface area (Å²) in [5.74, 6) is 0.434. The zero-order valence-corrected chi connectivity index (χ0v) is 6.15. The van der Waals surface area contributed by atoms with E-state index in [2.05, 4.69) is 10.2 Å². The van der Waals surface area contributed by atoms with Crippen LogP contribution in [0.4, 0.5) is 5.95 Å². The number of aryl methyl sites for hydroxylation is 1. The minimum Gasteiger partial charge on any atom is -0.368 e. The van der Waals surface area contributed by atoms with E-state index in [4.69, 9.17) is 5.73 Å². The summed E-state index contributed by atoms with van der Waals surface area (Å²) in [7, 11) is 0. The minimum atomic E-state index is 0.434. The second-order valence-electron chi connectivity index (χ2n) is 2.49. The van der Waals surface area contributed by atoms with Crippen LogP contribution in [-0.4, -0.2) is 14.6 Å². The second kappa shape index (κ2) is 1.95. The number of hydrogen-bond acceptors (Lipinski definition) is 3. The third kappa shape index (κ3) is 0.832. The van der Waals surface area contributed by atoms with Crippen molar-refractivity contribution in [1.82, 2.24) is 14.6 Å². The van der Waals surface area contributed by atoms with Crippen LogP contribution in [-0.2, 0) is 0 Å². The summed E-state index contributed by atoms with van der Waals surface area (Å²) < 4.78 is 1.76. The monoisotopic (exact) mass is 148 g/mol. The molecule has 2 N–H and O–H groups in total. The van der Waals surface area contributed by atoms with Gasteiger partial charge in [0.15, 0.2) is 5.65 Å². The van der Waals surface area contributed by atoms with Crippen molar-refractivity contribution >= 4 is 11.6 Å². The molecule has 0 aliphatic carbocycles. The molecule has 0 spiro atoms. The van der Waals surface area contributed by atoms with Crippen molar-refractivity contribution in [2.24, 2.45) is 0 Å². The highest BCUT2D eigenvalue weighted by Gasteiger charge is 1.98. The van der Waals surface area contributed by atoms with E-state index in [0.717, 1.165) is 11.2 Å². The molecule has 2 aromatic heterocycles. The fourth-order valence-electron chi connectivity index (χ4n) is 1.01. The van der Waals surface area contributed by atoms with Crippen molar-refractivity contribution in [1.29, 1.82) is 0 Å². The number of nitrogens with two attached hydrogens (primary N) is 1. The summed E-state index contributed by atoms with van der Waals surface area (Å²) in [5, 5.41) is 7.57. The molecule has 0 saturated carbocycles. The molecule has 4 nitrogen and oxygen atoms in total. The summed E-state index contributed by atoms with van der Waals surface area (Å²) in [5.41, 5.74) is 7.46. The first-order chi connectivity index (χ1) is 5.27. The van der Waals surface area contributed by atoms with Crippen LogP contribution >= 0.6 is 0 Å². The highest BCUT2D eigenvalue weighted by molar-refractivity contribution is 5.43. The number of fused-ring (bicyclic) bond motifs is 1. The maximum Gasteiger partial charge on any atom is 0.226 e. The summed E-state index contributed by atoms with van der Waals surface area (Å²) in [6, 6.07) is 3.86. The number of rotatable bonds is 0. The van der Waals surface area contributed by atoms with E-state index in [-0.39, 0.29) is 0 Å². The Morgan fingerprint density at radius 1 is 1.36 bits per heavy atom. The SMILES string of the molecule is Cc1ccc2nnc(N)n2c1. The van der Waals surface area contributed by atoms with Crippen LogP contribution < -0.4 is 5.73 Å². The number of pyridine rings is 1. The van der Waals surface area contributed by atoms with E-state index < -0.39 is 0 Å². The van der Waals surface area contributed by atoms with Gasteiger partial charge in [0.2, 0.25) is 5.95 Å². The van der Waals surface area contributed by atoms with Gasteiger partial charge >= 0.3 is 0 Å². The lowest BCUT2D eigenvalue weighted by atomic mass is 10.3. The van der Waals surface area contributed by atoms with Crippen molar-refractivity contribution < 1.29 is 0 Å². The van der Waals surface area contributed by atoms with Crippen molar-refractivity contribution in [2.45, 2.75) is 6.92 Å². The fraction of sp³-hybridized carbons (Fsp3) is 0.143. The largest absolute Gasteiger partial charge is 0.368 e.